The van der Waals surface area contributed by atoms with Crippen molar-refractivity contribution in [3.8, 4) is 17.3 Å². The molecule has 173 valence electrons. The number of ether oxygens (including phenoxy) is 2. The molecule has 5 rings (SSSR count). The number of nitrogens with zero attached hydrogens (tertiary/aromatic N) is 5. The summed E-state index contributed by atoms with van der Waals surface area (Å²) in [5.74, 6) is 0.464. The molecule has 0 unspecified atom stereocenters. The van der Waals surface area contributed by atoms with Crippen molar-refractivity contribution in [3.63, 3.8) is 0 Å². The van der Waals surface area contributed by atoms with E-state index in [1.165, 1.54) is 25.2 Å². The molecule has 1 radical (unpaired) electrons. The predicted molar refractivity (Wildman–Crippen MR) is 129 cm³/mol. The van der Waals surface area contributed by atoms with Crippen molar-refractivity contribution in [1.82, 2.24) is 20.3 Å². The molecule has 1 atom stereocenters. The van der Waals surface area contributed by atoms with E-state index in [1.54, 1.807) is 18.3 Å². The molecule has 9 heteroatoms. The standard InChI is InChI=1S/C25H25N6O3/c1-15-10-18(4-5-21(15)31-8-9-34-16(2)14-31)28-24-23-17(6-7-27-25(23)32)11-19(30-24)20-12-26-13-22(29-20)33-3/h4-7,10-13,16H,8-9,14H2,1-3H3,(H,28,30)/t16-/m1/s1. The van der Waals surface area contributed by atoms with Gasteiger partial charge in [-0.1, -0.05) is 0 Å². The number of methoxy groups -OCH3 is 1. The molecule has 0 bridgehead atoms. The van der Waals surface area contributed by atoms with Gasteiger partial charge in [-0.05, 0) is 55.3 Å². The number of rotatable bonds is 5. The molecule has 3 aromatic rings. The van der Waals surface area contributed by atoms with Gasteiger partial charge in [-0.25, -0.2) is 15.3 Å². The summed E-state index contributed by atoms with van der Waals surface area (Å²) in [6, 6.07) is 7.95. The second kappa shape index (κ2) is 9.11. The lowest BCUT2D eigenvalue weighted by Gasteiger charge is -2.34. The van der Waals surface area contributed by atoms with E-state index in [2.05, 4.69) is 51.5 Å². The Labute approximate surface area is 197 Å². The largest absolute Gasteiger partial charge is 0.480 e. The second-order valence-corrected chi connectivity index (χ2v) is 8.27. The van der Waals surface area contributed by atoms with E-state index < -0.39 is 0 Å². The first-order valence-corrected chi connectivity index (χ1v) is 11.1. The van der Waals surface area contributed by atoms with Crippen LogP contribution >= 0.6 is 0 Å². The molecule has 1 amide bonds. The molecular weight excluding hydrogens is 432 g/mol. The van der Waals surface area contributed by atoms with E-state index in [9.17, 15) is 4.79 Å². The Kier molecular flexibility index (Phi) is 5.85. The smallest absolute Gasteiger partial charge is 0.281 e. The van der Waals surface area contributed by atoms with E-state index in [-0.39, 0.29) is 12.0 Å². The molecule has 1 saturated heterocycles. The predicted octanol–water partition coefficient (Wildman–Crippen LogP) is 3.55. The third-order valence-electron chi connectivity index (χ3n) is 5.84. The Bertz CT molecular complexity index is 1280. The molecule has 0 aliphatic carbocycles. The van der Waals surface area contributed by atoms with Crippen molar-refractivity contribution in [2.45, 2.75) is 20.0 Å². The summed E-state index contributed by atoms with van der Waals surface area (Å²) in [5, 5.41) is 7.27. The molecule has 1 N–H and O–H groups in total. The lowest BCUT2D eigenvalue weighted by molar-refractivity contribution is 0.0532. The van der Waals surface area contributed by atoms with Crippen LogP contribution in [0.5, 0.6) is 5.88 Å². The summed E-state index contributed by atoms with van der Waals surface area (Å²) in [7, 11) is 1.54. The Morgan fingerprint density at radius 1 is 1.18 bits per heavy atom. The highest BCUT2D eigenvalue weighted by Crippen LogP contribution is 2.32. The number of morpholine rings is 1. The SMILES string of the molecule is COc1cncc(-c2cc3c(c(Nc4ccc(N5CCO[C@H](C)C5)c(C)c4)n2)C(=O)[N]C=C3)n1. The van der Waals surface area contributed by atoms with Crippen LogP contribution in [-0.2, 0) is 4.74 Å². The normalized spacial score (nSPS) is 17.2. The molecule has 4 heterocycles. The minimum absolute atomic E-state index is 0.201. The van der Waals surface area contributed by atoms with Crippen LogP contribution in [0.4, 0.5) is 17.2 Å². The number of hydrogen-bond acceptors (Lipinski definition) is 8. The van der Waals surface area contributed by atoms with Crippen LogP contribution in [0.3, 0.4) is 0 Å². The van der Waals surface area contributed by atoms with Crippen molar-refractivity contribution in [1.29, 1.82) is 0 Å². The number of fused-ring (bicyclic) bond motifs is 1. The van der Waals surface area contributed by atoms with Gasteiger partial charge >= 0.3 is 0 Å². The monoisotopic (exact) mass is 457 g/mol. The fourth-order valence-corrected chi connectivity index (χ4v) is 4.22. The van der Waals surface area contributed by atoms with Crippen LogP contribution in [-0.4, -0.2) is 53.8 Å². The maximum Gasteiger partial charge on any atom is 0.281 e. The maximum atomic E-state index is 12.6. The molecule has 2 aliphatic rings. The summed E-state index contributed by atoms with van der Waals surface area (Å²) in [6.07, 6.45) is 6.63. The van der Waals surface area contributed by atoms with Gasteiger partial charge in [-0.3, -0.25) is 9.78 Å². The van der Waals surface area contributed by atoms with Crippen LogP contribution in [0.2, 0.25) is 0 Å². The fraction of sp³-hybridized carbons (Fsp3) is 0.280. The van der Waals surface area contributed by atoms with E-state index in [1.807, 2.05) is 6.07 Å². The minimum atomic E-state index is -0.341. The van der Waals surface area contributed by atoms with Gasteiger partial charge in [0.25, 0.3) is 5.91 Å². The number of hydrogen-bond donors (Lipinski definition) is 1. The highest BCUT2D eigenvalue weighted by molar-refractivity contribution is 6.05. The van der Waals surface area contributed by atoms with Crippen molar-refractivity contribution < 1.29 is 14.3 Å². The summed E-state index contributed by atoms with van der Waals surface area (Å²) in [5.41, 5.74) is 5.38. The number of carbonyl (C=O) groups excluding carboxylic acids is 1. The molecule has 1 fully saturated rings. The van der Waals surface area contributed by atoms with Gasteiger partial charge < -0.3 is 19.7 Å². The van der Waals surface area contributed by atoms with E-state index >= 15 is 0 Å². The zero-order valence-electron chi connectivity index (χ0n) is 19.3. The quantitative estimate of drug-likeness (QED) is 0.620. The average Bonchev–Trinajstić information content (AvgIpc) is 2.84. The van der Waals surface area contributed by atoms with Gasteiger partial charge in [0.1, 0.15) is 11.5 Å². The number of amides is 1. The van der Waals surface area contributed by atoms with Gasteiger partial charge in [0.15, 0.2) is 0 Å². The summed E-state index contributed by atoms with van der Waals surface area (Å²) >= 11 is 0. The molecule has 2 aliphatic heterocycles. The van der Waals surface area contributed by atoms with Crippen molar-refractivity contribution in [2.24, 2.45) is 0 Å². The first kappa shape index (κ1) is 21.8. The van der Waals surface area contributed by atoms with Gasteiger partial charge in [0.05, 0.1) is 43.5 Å². The summed E-state index contributed by atoms with van der Waals surface area (Å²) in [6.45, 7) is 6.60. The first-order chi connectivity index (χ1) is 16.5. The van der Waals surface area contributed by atoms with Crippen molar-refractivity contribution in [2.75, 3.05) is 37.0 Å². The fourth-order valence-electron chi connectivity index (χ4n) is 4.22. The lowest BCUT2D eigenvalue weighted by Crippen LogP contribution is -2.41. The highest BCUT2D eigenvalue weighted by atomic mass is 16.5. The van der Waals surface area contributed by atoms with Crippen LogP contribution in [0, 0.1) is 6.92 Å². The third kappa shape index (κ3) is 4.29. The van der Waals surface area contributed by atoms with Gasteiger partial charge in [-0.2, -0.15) is 0 Å². The van der Waals surface area contributed by atoms with Crippen LogP contribution < -0.4 is 20.3 Å². The molecule has 9 nitrogen and oxygen atoms in total. The number of aryl methyl sites for hydroxylation is 1. The van der Waals surface area contributed by atoms with Gasteiger partial charge in [0, 0.05) is 30.7 Å². The summed E-state index contributed by atoms with van der Waals surface area (Å²) in [4.78, 5) is 28.3. The van der Waals surface area contributed by atoms with E-state index in [0.717, 1.165) is 30.9 Å². The van der Waals surface area contributed by atoms with E-state index in [0.29, 0.717) is 34.2 Å². The number of anilines is 3. The first-order valence-electron chi connectivity index (χ1n) is 11.1. The van der Waals surface area contributed by atoms with E-state index in [4.69, 9.17) is 14.5 Å². The number of aromatic nitrogens is 3. The van der Waals surface area contributed by atoms with Crippen LogP contribution in [0.15, 0.2) is 42.9 Å². The molecule has 0 saturated carbocycles. The Hall–Kier alpha value is -3.98. The number of nitrogens with one attached hydrogen (secondary N) is 1. The third-order valence-corrected chi connectivity index (χ3v) is 5.84. The second-order valence-electron chi connectivity index (χ2n) is 8.27. The highest BCUT2D eigenvalue weighted by Gasteiger charge is 2.23. The molecule has 2 aromatic heterocycles. The van der Waals surface area contributed by atoms with Crippen LogP contribution in [0.1, 0.15) is 28.4 Å². The lowest BCUT2D eigenvalue weighted by atomic mass is 10.0. The molecule has 0 spiro atoms. The topological polar surface area (TPSA) is 104 Å². The van der Waals surface area contributed by atoms with Gasteiger partial charge in [-0.15, -0.1) is 0 Å². The van der Waals surface area contributed by atoms with Gasteiger partial charge in [0.2, 0.25) is 5.88 Å². The minimum Gasteiger partial charge on any atom is -0.480 e. The maximum absolute atomic E-state index is 12.6. The molecular formula is C25H25N6O3. The van der Waals surface area contributed by atoms with Crippen molar-refractivity contribution in [3.05, 3.63) is 59.5 Å². The molecule has 34 heavy (non-hydrogen) atoms. The number of benzene rings is 1. The average molecular weight is 458 g/mol. The zero-order chi connectivity index (χ0) is 23.7. The Morgan fingerprint density at radius 3 is 2.85 bits per heavy atom. The molecule has 1 aromatic carbocycles. The van der Waals surface area contributed by atoms with Crippen molar-refractivity contribution >= 4 is 29.2 Å². The number of pyridine rings is 1. The number of carbonyl (C=O) groups is 1. The van der Waals surface area contributed by atoms with Crippen LogP contribution in [0.25, 0.3) is 17.5 Å². The Balaban J connectivity index is 1.51. The summed E-state index contributed by atoms with van der Waals surface area (Å²) < 4.78 is 10.9. The zero-order valence-corrected chi connectivity index (χ0v) is 19.3. The Morgan fingerprint density at radius 2 is 2.06 bits per heavy atom.